The predicted molar refractivity (Wildman–Crippen MR) is 61.8 cm³/mol. The third kappa shape index (κ3) is 2.62. The van der Waals surface area contributed by atoms with Crippen molar-refractivity contribution in [2.45, 2.75) is 6.54 Å². The van der Waals surface area contributed by atoms with Crippen LogP contribution in [-0.2, 0) is 6.54 Å². The third-order valence-electron chi connectivity index (χ3n) is 2.25. The van der Waals surface area contributed by atoms with Crippen molar-refractivity contribution >= 4 is 11.6 Å². The summed E-state index contributed by atoms with van der Waals surface area (Å²) in [5.41, 5.74) is -0.392. The third-order valence-corrected chi connectivity index (χ3v) is 2.60. The lowest BCUT2D eigenvalue weighted by molar-refractivity contribution is 0.625. The molecule has 0 radical (unpaired) electrons. The zero-order valence-electron chi connectivity index (χ0n) is 8.61. The minimum atomic E-state index is -0.530. The number of H-pyrrole nitrogens is 1. The Morgan fingerprint density at radius 3 is 2.71 bits per heavy atom. The molecule has 88 valence electrons. The monoisotopic (exact) mass is 254 g/mol. The number of benzene rings is 1. The van der Waals surface area contributed by atoms with Crippen LogP contribution in [0.4, 0.5) is 4.39 Å². The fourth-order valence-corrected chi connectivity index (χ4v) is 1.63. The van der Waals surface area contributed by atoms with Gasteiger partial charge in [-0.2, -0.15) is 0 Å². The Labute approximate surface area is 100 Å². The molecule has 1 N–H and O–H groups in total. The van der Waals surface area contributed by atoms with E-state index < -0.39 is 17.1 Å². The molecular weight excluding hydrogens is 247 g/mol. The molecular formula is C11H8ClFN2O2. The first-order valence-electron chi connectivity index (χ1n) is 4.80. The minimum Gasteiger partial charge on any atom is -0.296 e. The number of aromatic nitrogens is 2. The first-order valence-corrected chi connectivity index (χ1v) is 5.18. The van der Waals surface area contributed by atoms with Crippen molar-refractivity contribution in [2.24, 2.45) is 0 Å². The van der Waals surface area contributed by atoms with Crippen LogP contribution in [0.25, 0.3) is 0 Å². The van der Waals surface area contributed by atoms with Gasteiger partial charge in [0.1, 0.15) is 5.82 Å². The normalized spacial score (nSPS) is 10.5. The van der Waals surface area contributed by atoms with Crippen molar-refractivity contribution in [3.05, 3.63) is 67.7 Å². The van der Waals surface area contributed by atoms with Gasteiger partial charge in [-0.15, -0.1) is 0 Å². The van der Waals surface area contributed by atoms with Crippen molar-refractivity contribution in [2.75, 3.05) is 0 Å². The maximum Gasteiger partial charge on any atom is 0.328 e. The fourth-order valence-electron chi connectivity index (χ4n) is 1.40. The van der Waals surface area contributed by atoms with Crippen molar-refractivity contribution in [1.82, 2.24) is 9.55 Å². The highest BCUT2D eigenvalue weighted by atomic mass is 35.5. The molecule has 0 unspecified atom stereocenters. The van der Waals surface area contributed by atoms with Crippen molar-refractivity contribution in [3.63, 3.8) is 0 Å². The number of hydrogen-bond acceptors (Lipinski definition) is 2. The van der Waals surface area contributed by atoms with Gasteiger partial charge in [0.05, 0.1) is 6.54 Å². The molecule has 2 aromatic rings. The summed E-state index contributed by atoms with van der Waals surface area (Å²) in [5.74, 6) is -0.437. The number of hydrogen-bond donors (Lipinski definition) is 1. The lowest BCUT2D eigenvalue weighted by Crippen LogP contribution is -2.28. The van der Waals surface area contributed by atoms with E-state index in [4.69, 9.17) is 11.6 Å². The predicted octanol–water partition coefficient (Wildman–Crippen LogP) is 1.38. The van der Waals surface area contributed by atoms with Gasteiger partial charge < -0.3 is 0 Å². The summed E-state index contributed by atoms with van der Waals surface area (Å²) < 4.78 is 14.1. The van der Waals surface area contributed by atoms with Crippen LogP contribution in [0.2, 0.25) is 5.02 Å². The molecule has 0 aliphatic rings. The molecule has 0 spiro atoms. The standard InChI is InChI=1S/C11H8ClFN2O2/c12-9-5-8(13)2-1-7(9)6-15-4-3-10(16)14-11(15)17/h1-5H,6H2,(H,14,16,17). The van der Waals surface area contributed by atoms with Gasteiger partial charge >= 0.3 is 5.69 Å². The fraction of sp³-hybridized carbons (Fsp3) is 0.0909. The molecule has 0 saturated heterocycles. The Kier molecular flexibility index (Phi) is 3.10. The van der Waals surface area contributed by atoms with E-state index in [1.807, 2.05) is 0 Å². The molecule has 0 saturated carbocycles. The average Bonchev–Trinajstić information content (AvgIpc) is 2.25. The zero-order chi connectivity index (χ0) is 12.4. The van der Waals surface area contributed by atoms with Crippen LogP contribution < -0.4 is 11.2 Å². The first-order chi connectivity index (χ1) is 8.06. The van der Waals surface area contributed by atoms with E-state index in [-0.39, 0.29) is 11.6 Å². The van der Waals surface area contributed by atoms with E-state index in [9.17, 15) is 14.0 Å². The number of nitrogens with zero attached hydrogens (tertiary/aromatic N) is 1. The summed E-state index contributed by atoms with van der Waals surface area (Å²) in [6.45, 7) is 0.175. The number of nitrogens with one attached hydrogen (secondary N) is 1. The lowest BCUT2D eigenvalue weighted by Gasteiger charge is -2.06. The Hall–Kier alpha value is -1.88. The molecule has 1 aromatic heterocycles. The smallest absolute Gasteiger partial charge is 0.296 e. The van der Waals surface area contributed by atoms with Crippen LogP contribution >= 0.6 is 11.6 Å². The van der Waals surface area contributed by atoms with E-state index in [1.54, 1.807) is 0 Å². The Bertz CT molecular complexity index is 663. The largest absolute Gasteiger partial charge is 0.328 e. The van der Waals surface area contributed by atoms with Gasteiger partial charge in [0.25, 0.3) is 5.56 Å². The summed E-state index contributed by atoms with van der Waals surface area (Å²) in [7, 11) is 0. The highest BCUT2D eigenvalue weighted by Gasteiger charge is 2.04. The van der Waals surface area contributed by atoms with E-state index in [1.165, 1.54) is 35.0 Å². The molecule has 0 amide bonds. The first kappa shape index (κ1) is 11.6. The van der Waals surface area contributed by atoms with E-state index in [0.717, 1.165) is 0 Å². The number of rotatable bonds is 2. The minimum absolute atomic E-state index is 0.175. The van der Waals surface area contributed by atoms with Crippen molar-refractivity contribution < 1.29 is 4.39 Å². The van der Waals surface area contributed by atoms with E-state index >= 15 is 0 Å². The molecule has 4 nitrogen and oxygen atoms in total. The average molecular weight is 255 g/mol. The molecule has 6 heteroatoms. The topological polar surface area (TPSA) is 54.9 Å². The molecule has 1 heterocycles. The molecule has 0 aliphatic carbocycles. The van der Waals surface area contributed by atoms with Crippen LogP contribution in [0.5, 0.6) is 0 Å². The molecule has 17 heavy (non-hydrogen) atoms. The Morgan fingerprint density at radius 2 is 2.06 bits per heavy atom. The van der Waals surface area contributed by atoms with Gasteiger partial charge in [0.15, 0.2) is 0 Å². The van der Waals surface area contributed by atoms with Gasteiger partial charge in [0.2, 0.25) is 0 Å². The van der Waals surface area contributed by atoms with Gasteiger partial charge in [-0.05, 0) is 17.7 Å². The van der Waals surface area contributed by atoms with Crippen LogP contribution in [0, 0.1) is 5.82 Å². The maximum absolute atomic E-state index is 12.8. The summed E-state index contributed by atoms with van der Waals surface area (Å²) in [6, 6.07) is 5.17. The van der Waals surface area contributed by atoms with Crippen molar-refractivity contribution in [3.8, 4) is 0 Å². The molecule has 0 bridgehead atoms. The van der Waals surface area contributed by atoms with Crippen LogP contribution in [-0.4, -0.2) is 9.55 Å². The van der Waals surface area contributed by atoms with Crippen LogP contribution in [0.3, 0.4) is 0 Å². The highest BCUT2D eigenvalue weighted by molar-refractivity contribution is 6.31. The Morgan fingerprint density at radius 1 is 1.29 bits per heavy atom. The lowest BCUT2D eigenvalue weighted by atomic mass is 10.2. The molecule has 0 atom stereocenters. The molecule has 0 fully saturated rings. The number of aromatic amines is 1. The van der Waals surface area contributed by atoms with Gasteiger partial charge in [-0.3, -0.25) is 14.3 Å². The van der Waals surface area contributed by atoms with E-state index in [0.29, 0.717) is 5.56 Å². The molecule has 1 aromatic carbocycles. The molecule has 2 rings (SSSR count). The zero-order valence-corrected chi connectivity index (χ0v) is 9.37. The second-order valence-corrected chi connectivity index (χ2v) is 3.88. The van der Waals surface area contributed by atoms with Crippen molar-refractivity contribution in [1.29, 1.82) is 0 Å². The summed E-state index contributed by atoms with van der Waals surface area (Å²) >= 11 is 5.84. The number of halogens is 2. The highest BCUT2D eigenvalue weighted by Crippen LogP contribution is 2.17. The Balaban J connectivity index is 2.38. The summed E-state index contributed by atoms with van der Waals surface area (Å²) in [6.07, 6.45) is 1.36. The van der Waals surface area contributed by atoms with Gasteiger partial charge in [0, 0.05) is 17.3 Å². The van der Waals surface area contributed by atoms with Crippen LogP contribution in [0.1, 0.15) is 5.56 Å². The van der Waals surface area contributed by atoms with E-state index in [2.05, 4.69) is 4.98 Å². The van der Waals surface area contributed by atoms with Crippen LogP contribution in [0.15, 0.2) is 40.1 Å². The second kappa shape index (κ2) is 4.55. The summed E-state index contributed by atoms with van der Waals surface area (Å²) in [5, 5.41) is 0.239. The van der Waals surface area contributed by atoms with Gasteiger partial charge in [-0.1, -0.05) is 17.7 Å². The molecule has 0 aliphatic heterocycles. The second-order valence-electron chi connectivity index (χ2n) is 3.47. The maximum atomic E-state index is 12.8. The summed E-state index contributed by atoms with van der Waals surface area (Å²) in [4.78, 5) is 24.4. The quantitative estimate of drug-likeness (QED) is 0.880. The van der Waals surface area contributed by atoms with Gasteiger partial charge in [-0.25, -0.2) is 9.18 Å². The SMILES string of the molecule is O=c1ccn(Cc2ccc(F)cc2Cl)c(=O)[nH]1.